The van der Waals surface area contributed by atoms with Crippen molar-refractivity contribution in [3.8, 4) is 6.07 Å². The molecular weight excluding hydrogens is 216 g/mol. The number of nitriles is 1. The number of alkyl halides is 1. The second-order valence-electron chi connectivity index (χ2n) is 2.86. The third-order valence-electron chi connectivity index (χ3n) is 1.92. The van der Waals surface area contributed by atoms with E-state index in [0.29, 0.717) is 5.88 Å². The van der Waals surface area contributed by atoms with Gasteiger partial charge in [0.15, 0.2) is 0 Å². The first-order chi connectivity index (χ1) is 6.85. The van der Waals surface area contributed by atoms with Crippen LogP contribution in [0.4, 0.5) is 0 Å². The predicted octanol–water partition coefficient (Wildman–Crippen LogP) is 3.14. The number of rotatable bonds is 2. The van der Waals surface area contributed by atoms with Gasteiger partial charge < -0.3 is 0 Å². The largest absolute Gasteiger partial charge is 0.240 e. The topological polar surface area (TPSA) is 36.7 Å². The lowest BCUT2D eigenvalue weighted by atomic mass is 10.2. The van der Waals surface area contributed by atoms with Crippen LogP contribution in [0, 0.1) is 11.3 Å². The fourth-order valence-corrected chi connectivity index (χ4v) is 2.51. The van der Waals surface area contributed by atoms with Crippen molar-refractivity contribution in [3.63, 3.8) is 0 Å². The molecule has 0 fully saturated rings. The lowest BCUT2D eigenvalue weighted by Gasteiger charge is -1.96. The Labute approximate surface area is 90.8 Å². The van der Waals surface area contributed by atoms with Gasteiger partial charge in [0.1, 0.15) is 10.9 Å². The van der Waals surface area contributed by atoms with Crippen LogP contribution in [0.3, 0.4) is 0 Å². The summed E-state index contributed by atoms with van der Waals surface area (Å²) in [7, 11) is 0. The van der Waals surface area contributed by atoms with Crippen molar-refractivity contribution >= 4 is 33.2 Å². The van der Waals surface area contributed by atoms with Crippen LogP contribution in [0.25, 0.3) is 10.2 Å². The molecule has 1 unspecified atom stereocenters. The Morgan fingerprint density at radius 1 is 1.50 bits per heavy atom. The molecule has 0 spiro atoms. The van der Waals surface area contributed by atoms with Crippen molar-refractivity contribution in [3.05, 3.63) is 29.3 Å². The van der Waals surface area contributed by atoms with Gasteiger partial charge in [-0.05, 0) is 12.1 Å². The van der Waals surface area contributed by atoms with E-state index in [2.05, 4.69) is 11.1 Å². The molecule has 2 aromatic rings. The highest BCUT2D eigenvalue weighted by Crippen LogP contribution is 2.27. The summed E-state index contributed by atoms with van der Waals surface area (Å²) in [6.07, 6.45) is 0. The van der Waals surface area contributed by atoms with Crippen LogP contribution < -0.4 is 0 Å². The number of thiazole rings is 1. The molecule has 0 aliphatic rings. The third kappa shape index (κ3) is 1.59. The molecule has 0 radical (unpaired) electrons. The molecule has 1 atom stereocenters. The Balaban J connectivity index is 2.50. The molecule has 1 aromatic heterocycles. The van der Waals surface area contributed by atoms with E-state index >= 15 is 0 Å². The van der Waals surface area contributed by atoms with Crippen LogP contribution >= 0.6 is 22.9 Å². The monoisotopic (exact) mass is 222 g/mol. The lowest BCUT2D eigenvalue weighted by Crippen LogP contribution is -1.95. The molecule has 1 aromatic carbocycles. The molecule has 70 valence electrons. The van der Waals surface area contributed by atoms with Gasteiger partial charge in [-0.1, -0.05) is 12.1 Å². The van der Waals surface area contributed by atoms with Crippen LogP contribution in [0.15, 0.2) is 24.3 Å². The number of benzene rings is 1. The first-order valence-electron chi connectivity index (χ1n) is 4.16. The van der Waals surface area contributed by atoms with Gasteiger partial charge in [-0.2, -0.15) is 5.26 Å². The van der Waals surface area contributed by atoms with Gasteiger partial charge in [-0.15, -0.1) is 22.9 Å². The minimum absolute atomic E-state index is 0.283. The molecule has 2 rings (SSSR count). The maximum Gasteiger partial charge on any atom is 0.112 e. The molecule has 14 heavy (non-hydrogen) atoms. The highest BCUT2D eigenvalue weighted by molar-refractivity contribution is 7.18. The fraction of sp³-hybridized carbons (Fsp3) is 0.200. The van der Waals surface area contributed by atoms with Gasteiger partial charge in [0.25, 0.3) is 0 Å². The number of nitrogens with zero attached hydrogens (tertiary/aromatic N) is 2. The number of fused-ring (bicyclic) bond motifs is 1. The summed E-state index contributed by atoms with van der Waals surface area (Å²) in [5.74, 6) is 0.0186. The summed E-state index contributed by atoms with van der Waals surface area (Å²) in [5, 5.41) is 9.65. The molecule has 0 aliphatic carbocycles. The van der Waals surface area contributed by atoms with E-state index < -0.39 is 0 Å². The zero-order valence-electron chi connectivity index (χ0n) is 7.27. The molecule has 1 heterocycles. The Hall–Kier alpha value is -1.11. The number of para-hydroxylation sites is 1. The standard InChI is InChI=1S/C10H7ClN2S/c11-5-7(6-12)10-13-8-3-1-2-4-9(8)14-10/h1-4,7H,5H2. The molecule has 2 nitrogen and oxygen atoms in total. The maximum atomic E-state index is 8.84. The number of aromatic nitrogens is 1. The van der Waals surface area contributed by atoms with Gasteiger partial charge in [-0.25, -0.2) is 4.98 Å². The summed E-state index contributed by atoms with van der Waals surface area (Å²) < 4.78 is 1.10. The van der Waals surface area contributed by atoms with Gasteiger partial charge >= 0.3 is 0 Å². The quantitative estimate of drug-likeness (QED) is 0.732. The Morgan fingerprint density at radius 3 is 2.93 bits per heavy atom. The SMILES string of the molecule is N#CC(CCl)c1nc2ccccc2s1. The van der Waals surface area contributed by atoms with E-state index in [1.54, 1.807) is 0 Å². The summed E-state index contributed by atoms with van der Waals surface area (Å²) >= 11 is 7.21. The molecule has 0 amide bonds. The summed E-state index contributed by atoms with van der Waals surface area (Å²) in [6.45, 7) is 0. The van der Waals surface area contributed by atoms with Gasteiger partial charge in [0.2, 0.25) is 0 Å². The minimum Gasteiger partial charge on any atom is -0.240 e. The summed E-state index contributed by atoms with van der Waals surface area (Å²) in [4.78, 5) is 4.37. The zero-order chi connectivity index (χ0) is 9.97. The average Bonchev–Trinajstić information content (AvgIpc) is 2.63. The fourth-order valence-electron chi connectivity index (χ4n) is 1.19. The minimum atomic E-state index is -0.283. The number of halogens is 1. The predicted molar refractivity (Wildman–Crippen MR) is 58.7 cm³/mol. The normalized spacial score (nSPS) is 12.6. The van der Waals surface area contributed by atoms with Crippen molar-refractivity contribution in [2.24, 2.45) is 0 Å². The van der Waals surface area contributed by atoms with E-state index in [1.807, 2.05) is 24.3 Å². The van der Waals surface area contributed by atoms with Crippen molar-refractivity contribution in [2.75, 3.05) is 5.88 Å². The highest BCUT2D eigenvalue weighted by atomic mass is 35.5. The summed E-state index contributed by atoms with van der Waals surface area (Å²) in [5.41, 5.74) is 0.942. The van der Waals surface area contributed by atoms with Crippen LogP contribution in [0.5, 0.6) is 0 Å². The second kappa shape index (κ2) is 3.95. The van der Waals surface area contributed by atoms with Crippen LogP contribution in [0.1, 0.15) is 10.9 Å². The number of hydrogen-bond acceptors (Lipinski definition) is 3. The number of hydrogen-bond donors (Lipinski definition) is 0. The molecule has 0 N–H and O–H groups in total. The van der Waals surface area contributed by atoms with Gasteiger partial charge in [0.05, 0.1) is 16.3 Å². The first-order valence-corrected chi connectivity index (χ1v) is 5.51. The van der Waals surface area contributed by atoms with Crippen LogP contribution in [-0.4, -0.2) is 10.9 Å². The van der Waals surface area contributed by atoms with E-state index in [0.717, 1.165) is 15.2 Å². The van der Waals surface area contributed by atoms with E-state index in [4.69, 9.17) is 16.9 Å². The average molecular weight is 223 g/mol. The Bertz CT molecular complexity index is 453. The molecule has 0 aliphatic heterocycles. The first kappa shape index (κ1) is 9.45. The van der Waals surface area contributed by atoms with Gasteiger partial charge in [-0.3, -0.25) is 0 Å². The third-order valence-corrected chi connectivity index (χ3v) is 3.38. The molecule has 4 heteroatoms. The second-order valence-corrected chi connectivity index (χ2v) is 4.23. The van der Waals surface area contributed by atoms with Crippen molar-refractivity contribution in [2.45, 2.75) is 5.92 Å². The van der Waals surface area contributed by atoms with E-state index in [9.17, 15) is 0 Å². The molecule has 0 saturated heterocycles. The van der Waals surface area contributed by atoms with Crippen LogP contribution in [-0.2, 0) is 0 Å². The lowest BCUT2D eigenvalue weighted by molar-refractivity contribution is 0.974. The zero-order valence-corrected chi connectivity index (χ0v) is 8.85. The highest BCUT2D eigenvalue weighted by Gasteiger charge is 2.13. The van der Waals surface area contributed by atoms with Crippen molar-refractivity contribution < 1.29 is 0 Å². The molecule has 0 bridgehead atoms. The summed E-state index contributed by atoms with van der Waals surface area (Å²) in [6, 6.07) is 9.99. The molecule has 0 saturated carbocycles. The van der Waals surface area contributed by atoms with Crippen molar-refractivity contribution in [1.82, 2.24) is 4.98 Å². The molecular formula is C10H7ClN2S. The Morgan fingerprint density at radius 2 is 2.29 bits per heavy atom. The van der Waals surface area contributed by atoms with Gasteiger partial charge in [0, 0.05) is 5.88 Å². The van der Waals surface area contributed by atoms with E-state index in [-0.39, 0.29) is 5.92 Å². The van der Waals surface area contributed by atoms with Crippen LogP contribution in [0.2, 0.25) is 0 Å². The Kier molecular flexibility index (Phi) is 2.67. The smallest absolute Gasteiger partial charge is 0.112 e. The van der Waals surface area contributed by atoms with Crippen molar-refractivity contribution in [1.29, 1.82) is 5.26 Å². The van der Waals surface area contributed by atoms with E-state index in [1.165, 1.54) is 11.3 Å². The maximum absolute atomic E-state index is 8.84.